The van der Waals surface area contributed by atoms with Crippen molar-refractivity contribution < 1.29 is 9.53 Å². The van der Waals surface area contributed by atoms with Gasteiger partial charge in [-0.15, -0.1) is 0 Å². The standard InChI is InChI=1S/C16H23NO2/c1-3-17(4-2)13-8-14-19-16(18)12-11-15-9-6-5-7-10-15/h5-7,9-12H,3-4,8,13-14H2,1-2H3/b12-11+. The highest BCUT2D eigenvalue weighted by Gasteiger charge is 2.00. The molecule has 0 radical (unpaired) electrons. The van der Waals surface area contributed by atoms with Gasteiger partial charge in [0.25, 0.3) is 0 Å². The average Bonchev–Trinajstić information content (AvgIpc) is 2.46. The first-order valence-electron chi connectivity index (χ1n) is 6.88. The molecule has 0 spiro atoms. The van der Waals surface area contributed by atoms with Crippen molar-refractivity contribution in [3.8, 4) is 0 Å². The quantitative estimate of drug-likeness (QED) is 0.409. The molecule has 0 aliphatic heterocycles. The van der Waals surface area contributed by atoms with E-state index in [-0.39, 0.29) is 5.97 Å². The van der Waals surface area contributed by atoms with Crippen molar-refractivity contribution in [3.05, 3.63) is 42.0 Å². The topological polar surface area (TPSA) is 29.5 Å². The Morgan fingerprint density at radius 2 is 1.89 bits per heavy atom. The SMILES string of the molecule is CCN(CC)CCCOC(=O)/C=C/c1ccccc1. The summed E-state index contributed by atoms with van der Waals surface area (Å²) in [7, 11) is 0. The van der Waals surface area contributed by atoms with Gasteiger partial charge in [0, 0.05) is 12.6 Å². The van der Waals surface area contributed by atoms with Gasteiger partial charge in [0.05, 0.1) is 6.61 Å². The van der Waals surface area contributed by atoms with Crippen LogP contribution in [0.25, 0.3) is 6.08 Å². The normalized spacial score (nSPS) is 11.1. The van der Waals surface area contributed by atoms with Crippen LogP contribution < -0.4 is 0 Å². The second-order valence-corrected chi connectivity index (χ2v) is 4.29. The fourth-order valence-corrected chi connectivity index (χ4v) is 1.78. The first-order chi connectivity index (χ1) is 9.26. The highest BCUT2D eigenvalue weighted by Crippen LogP contribution is 2.01. The molecule has 1 aromatic carbocycles. The lowest BCUT2D eigenvalue weighted by molar-refractivity contribution is -0.137. The van der Waals surface area contributed by atoms with Gasteiger partial charge in [0.15, 0.2) is 0 Å². The van der Waals surface area contributed by atoms with E-state index in [2.05, 4.69) is 18.7 Å². The zero-order valence-corrected chi connectivity index (χ0v) is 11.8. The van der Waals surface area contributed by atoms with Gasteiger partial charge in [0.1, 0.15) is 0 Å². The third-order valence-corrected chi connectivity index (χ3v) is 2.97. The highest BCUT2D eigenvalue weighted by atomic mass is 16.5. The Kier molecular flexibility index (Phi) is 7.59. The summed E-state index contributed by atoms with van der Waals surface area (Å²) in [5.41, 5.74) is 1.00. The van der Waals surface area contributed by atoms with E-state index >= 15 is 0 Å². The molecule has 0 saturated carbocycles. The Bertz CT molecular complexity index is 383. The van der Waals surface area contributed by atoms with Gasteiger partial charge in [-0.2, -0.15) is 0 Å². The molecule has 0 bridgehead atoms. The van der Waals surface area contributed by atoms with Gasteiger partial charge in [-0.25, -0.2) is 4.79 Å². The lowest BCUT2D eigenvalue weighted by Gasteiger charge is -2.17. The Morgan fingerprint density at radius 1 is 1.21 bits per heavy atom. The molecule has 0 saturated heterocycles. The van der Waals surface area contributed by atoms with Gasteiger partial charge in [-0.05, 0) is 31.1 Å². The molecular weight excluding hydrogens is 238 g/mol. The number of hydrogen-bond acceptors (Lipinski definition) is 3. The van der Waals surface area contributed by atoms with E-state index in [1.807, 2.05) is 30.3 Å². The zero-order chi connectivity index (χ0) is 13.9. The summed E-state index contributed by atoms with van der Waals surface area (Å²) in [5.74, 6) is -0.275. The molecule has 0 aliphatic carbocycles. The van der Waals surface area contributed by atoms with Crippen molar-refractivity contribution in [2.24, 2.45) is 0 Å². The Hall–Kier alpha value is -1.61. The van der Waals surface area contributed by atoms with Crippen LogP contribution in [0.4, 0.5) is 0 Å². The molecule has 0 aromatic heterocycles. The van der Waals surface area contributed by atoms with Gasteiger partial charge >= 0.3 is 5.97 Å². The second-order valence-electron chi connectivity index (χ2n) is 4.29. The number of benzene rings is 1. The third kappa shape index (κ3) is 6.77. The van der Waals surface area contributed by atoms with Crippen molar-refractivity contribution >= 4 is 12.0 Å². The largest absolute Gasteiger partial charge is 0.462 e. The van der Waals surface area contributed by atoms with E-state index in [9.17, 15) is 4.79 Å². The summed E-state index contributed by atoms with van der Waals surface area (Å²) < 4.78 is 5.15. The molecule has 0 atom stereocenters. The second kappa shape index (κ2) is 9.34. The van der Waals surface area contributed by atoms with Gasteiger partial charge < -0.3 is 9.64 Å². The van der Waals surface area contributed by atoms with Crippen molar-refractivity contribution in [3.63, 3.8) is 0 Å². The maximum atomic E-state index is 11.5. The van der Waals surface area contributed by atoms with Crippen molar-refractivity contribution in [2.45, 2.75) is 20.3 Å². The maximum Gasteiger partial charge on any atom is 0.330 e. The summed E-state index contributed by atoms with van der Waals surface area (Å²) in [6.45, 7) is 7.81. The van der Waals surface area contributed by atoms with Crippen molar-refractivity contribution in [2.75, 3.05) is 26.2 Å². The summed E-state index contributed by atoms with van der Waals surface area (Å²) >= 11 is 0. The number of carbonyl (C=O) groups is 1. The van der Waals surface area contributed by atoms with Crippen LogP contribution >= 0.6 is 0 Å². The molecule has 0 amide bonds. The molecule has 19 heavy (non-hydrogen) atoms. The Balaban J connectivity index is 2.20. The van der Waals surface area contributed by atoms with E-state index in [1.165, 1.54) is 6.08 Å². The van der Waals surface area contributed by atoms with Gasteiger partial charge in [0.2, 0.25) is 0 Å². The average molecular weight is 261 g/mol. The third-order valence-electron chi connectivity index (χ3n) is 2.97. The lowest BCUT2D eigenvalue weighted by Crippen LogP contribution is -2.25. The molecule has 3 heteroatoms. The molecule has 0 aliphatic rings. The molecule has 1 aromatic rings. The van der Waals surface area contributed by atoms with Crippen LogP contribution in [-0.4, -0.2) is 37.1 Å². The predicted octanol–water partition coefficient (Wildman–Crippen LogP) is 2.97. The van der Waals surface area contributed by atoms with Crippen LogP contribution in [0.3, 0.4) is 0 Å². The van der Waals surface area contributed by atoms with E-state index in [0.29, 0.717) is 6.61 Å². The van der Waals surface area contributed by atoms with E-state index in [1.54, 1.807) is 6.08 Å². The smallest absolute Gasteiger partial charge is 0.330 e. The number of nitrogens with zero attached hydrogens (tertiary/aromatic N) is 1. The monoisotopic (exact) mass is 261 g/mol. The summed E-state index contributed by atoms with van der Waals surface area (Å²) in [5, 5.41) is 0. The lowest BCUT2D eigenvalue weighted by atomic mass is 10.2. The van der Waals surface area contributed by atoms with Crippen LogP contribution in [0.5, 0.6) is 0 Å². The van der Waals surface area contributed by atoms with Crippen LogP contribution in [-0.2, 0) is 9.53 Å². The highest BCUT2D eigenvalue weighted by molar-refractivity contribution is 5.86. The van der Waals surface area contributed by atoms with Crippen LogP contribution in [0.2, 0.25) is 0 Å². The number of carbonyl (C=O) groups excluding carboxylic acids is 1. The molecule has 104 valence electrons. The maximum absolute atomic E-state index is 11.5. The summed E-state index contributed by atoms with van der Waals surface area (Å²) in [4.78, 5) is 13.8. The number of rotatable bonds is 8. The van der Waals surface area contributed by atoms with E-state index < -0.39 is 0 Å². The molecule has 0 unspecified atom stereocenters. The molecule has 1 rings (SSSR count). The van der Waals surface area contributed by atoms with Crippen LogP contribution in [0.15, 0.2) is 36.4 Å². The minimum Gasteiger partial charge on any atom is -0.462 e. The molecule has 0 heterocycles. The first kappa shape index (κ1) is 15.4. The minimum absolute atomic E-state index is 0.275. The van der Waals surface area contributed by atoms with Gasteiger partial charge in [-0.3, -0.25) is 0 Å². The zero-order valence-electron chi connectivity index (χ0n) is 11.8. The van der Waals surface area contributed by atoms with E-state index in [4.69, 9.17) is 4.74 Å². The molecular formula is C16H23NO2. The molecule has 0 N–H and O–H groups in total. The molecule has 3 nitrogen and oxygen atoms in total. The van der Waals surface area contributed by atoms with Crippen molar-refractivity contribution in [1.82, 2.24) is 4.90 Å². The summed E-state index contributed by atoms with van der Waals surface area (Å²) in [6, 6.07) is 9.72. The Morgan fingerprint density at radius 3 is 2.53 bits per heavy atom. The fourth-order valence-electron chi connectivity index (χ4n) is 1.78. The molecule has 0 fully saturated rings. The predicted molar refractivity (Wildman–Crippen MR) is 78.8 cm³/mol. The number of esters is 1. The minimum atomic E-state index is -0.275. The Labute approximate surface area is 115 Å². The fraction of sp³-hybridized carbons (Fsp3) is 0.438. The summed E-state index contributed by atoms with van der Waals surface area (Å²) in [6.07, 6.45) is 4.13. The number of hydrogen-bond donors (Lipinski definition) is 0. The number of ether oxygens (including phenoxy) is 1. The van der Waals surface area contributed by atoms with Crippen molar-refractivity contribution in [1.29, 1.82) is 0 Å². The van der Waals surface area contributed by atoms with Crippen LogP contribution in [0, 0.1) is 0 Å². The van der Waals surface area contributed by atoms with E-state index in [0.717, 1.165) is 31.6 Å². The first-order valence-corrected chi connectivity index (χ1v) is 6.88. The van der Waals surface area contributed by atoms with Gasteiger partial charge in [-0.1, -0.05) is 44.2 Å². The van der Waals surface area contributed by atoms with Crippen LogP contribution in [0.1, 0.15) is 25.8 Å².